The van der Waals surface area contributed by atoms with Crippen molar-refractivity contribution in [3.63, 3.8) is 0 Å². The van der Waals surface area contributed by atoms with Crippen molar-refractivity contribution in [1.82, 2.24) is 19.6 Å². The van der Waals surface area contributed by atoms with Crippen LogP contribution in [0.1, 0.15) is 47.3 Å². The minimum absolute atomic E-state index is 0.231. The summed E-state index contributed by atoms with van der Waals surface area (Å²) < 4.78 is 7.30. The Morgan fingerprint density at radius 3 is 2.65 bits per heavy atom. The average Bonchev–Trinajstić information content (AvgIpc) is 3.35. The number of rotatable bonds is 7. The molecule has 1 N–H and O–H groups in total. The molecule has 1 unspecified atom stereocenters. The number of nitrogens with zero attached hydrogens (tertiary/aromatic N) is 4. The van der Waals surface area contributed by atoms with Crippen LogP contribution in [0.15, 0.2) is 29.4 Å². The third kappa shape index (κ3) is 4.78. The van der Waals surface area contributed by atoms with E-state index in [9.17, 15) is 9.59 Å². The molecule has 0 saturated carbocycles. The number of benzene rings is 1. The number of esters is 1. The standard InChI is InChI=1S/C24H27N5O3S2/c1-12(2)11-32-22(31)20-15(5)25-23(34-20)26-21(30)16(6)33-24-28-27-18-10-14(4)17-9-7-8-13(3)19(17)29(18)24/h7-10,12,16H,11H2,1-6H3,(H,25,26,30). The van der Waals surface area contributed by atoms with Crippen molar-refractivity contribution in [2.45, 2.75) is 51.9 Å². The van der Waals surface area contributed by atoms with E-state index in [-0.39, 0.29) is 11.8 Å². The third-order valence-electron chi connectivity index (χ3n) is 5.30. The van der Waals surface area contributed by atoms with Gasteiger partial charge in [0.05, 0.1) is 23.1 Å². The lowest BCUT2D eigenvalue weighted by molar-refractivity contribution is -0.115. The number of hydrogen-bond donors (Lipinski definition) is 1. The molecule has 0 radical (unpaired) electrons. The first-order valence-electron chi connectivity index (χ1n) is 11.0. The Kier molecular flexibility index (Phi) is 6.90. The SMILES string of the molecule is Cc1nc(NC(=O)C(C)Sc2nnc3cc(C)c4cccc(C)c4n23)sc1C(=O)OCC(C)C. The molecule has 1 aromatic carbocycles. The molecule has 10 heteroatoms. The summed E-state index contributed by atoms with van der Waals surface area (Å²) in [7, 11) is 0. The van der Waals surface area contributed by atoms with Crippen LogP contribution in [0.25, 0.3) is 16.6 Å². The molecule has 0 spiro atoms. The van der Waals surface area contributed by atoms with Crippen LogP contribution in [-0.2, 0) is 9.53 Å². The van der Waals surface area contributed by atoms with Crippen molar-refractivity contribution in [2.75, 3.05) is 11.9 Å². The van der Waals surface area contributed by atoms with Crippen molar-refractivity contribution < 1.29 is 14.3 Å². The second-order valence-corrected chi connectivity index (χ2v) is 11.0. The number of thioether (sulfide) groups is 1. The highest BCUT2D eigenvalue weighted by molar-refractivity contribution is 8.00. The van der Waals surface area contributed by atoms with E-state index in [0.29, 0.717) is 27.5 Å². The Labute approximate surface area is 206 Å². The molecule has 3 aromatic heterocycles. The monoisotopic (exact) mass is 497 g/mol. The van der Waals surface area contributed by atoms with Crippen molar-refractivity contribution in [3.8, 4) is 0 Å². The van der Waals surface area contributed by atoms with Gasteiger partial charge in [0.25, 0.3) is 0 Å². The molecular weight excluding hydrogens is 470 g/mol. The number of nitrogens with one attached hydrogen (secondary N) is 1. The van der Waals surface area contributed by atoms with Gasteiger partial charge in [-0.1, -0.05) is 55.1 Å². The number of pyridine rings is 1. The molecule has 0 aliphatic rings. The molecule has 178 valence electrons. The van der Waals surface area contributed by atoms with E-state index in [2.05, 4.69) is 46.5 Å². The van der Waals surface area contributed by atoms with Crippen molar-refractivity contribution in [2.24, 2.45) is 5.92 Å². The Morgan fingerprint density at radius 1 is 1.15 bits per heavy atom. The second kappa shape index (κ2) is 9.71. The lowest BCUT2D eigenvalue weighted by atomic mass is 10.1. The molecule has 4 rings (SSSR count). The van der Waals surface area contributed by atoms with E-state index in [1.54, 1.807) is 6.92 Å². The molecule has 0 saturated heterocycles. The Balaban J connectivity index is 1.53. The zero-order valence-corrected chi connectivity index (χ0v) is 21.6. The highest BCUT2D eigenvalue weighted by Gasteiger charge is 2.23. The average molecular weight is 498 g/mol. The number of anilines is 1. The van der Waals surface area contributed by atoms with Crippen LogP contribution in [0.3, 0.4) is 0 Å². The number of ether oxygens (including phenoxy) is 1. The molecule has 34 heavy (non-hydrogen) atoms. The van der Waals surface area contributed by atoms with Gasteiger partial charge in [-0.3, -0.25) is 9.20 Å². The van der Waals surface area contributed by atoms with E-state index >= 15 is 0 Å². The van der Waals surface area contributed by atoms with Crippen LogP contribution in [0.5, 0.6) is 0 Å². The second-order valence-electron chi connectivity index (χ2n) is 8.65. The molecule has 0 aliphatic carbocycles. The van der Waals surface area contributed by atoms with Crippen LogP contribution >= 0.6 is 23.1 Å². The predicted molar refractivity (Wildman–Crippen MR) is 136 cm³/mol. The van der Waals surface area contributed by atoms with E-state index in [1.807, 2.05) is 37.3 Å². The fraction of sp³-hybridized carbons (Fsp3) is 0.375. The first kappa shape index (κ1) is 24.2. The molecule has 8 nitrogen and oxygen atoms in total. The number of amides is 1. The molecule has 3 heterocycles. The number of para-hydroxylation sites is 1. The summed E-state index contributed by atoms with van der Waals surface area (Å²) in [5.41, 5.74) is 4.56. The van der Waals surface area contributed by atoms with Gasteiger partial charge in [-0.05, 0) is 50.8 Å². The molecule has 1 atom stereocenters. The van der Waals surface area contributed by atoms with Gasteiger partial charge in [-0.15, -0.1) is 10.2 Å². The van der Waals surface area contributed by atoms with Crippen molar-refractivity contribution in [3.05, 3.63) is 46.0 Å². The molecule has 0 fully saturated rings. The number of aromatic nitrogens is 4. The van der Waals surface area contributed by atoms with Gasteiger partial charge in [0.2, 0.25) is 5.91 Å². The normalized spacial score (nSPS) is 12.4. The smallest absolute Gasteiger partial charge is 0.350 e. The first-order chi connectivity index (χ1) is 16.2. The summed E-state index contributed by atoms with van der Waals surface area (Å²) in [6.07, 6.45) is 0. The Hall–Kier alpha value is -2.98. The highest BCUT2D eigenvalue weighted by atomic mass is 32.2. The number of thiazole rings is 1. The van der Waals surface area contributed by atoms with Crippen molar-refractivity contribution >= 4 is 56.7 Å². The molecule has 4 aromatic rings. The van der Waals surface area contributed by atoms with Gasteiger partial charge in [0, 0.05) is 5.39 Å². The van der Waals surface area contributed by atoms with Crippen LogP contribution in [0.4, 0.5) is 5.13 Å². The quantitative estimate of drug-likeness (QED) is 0.277. The number of aryl methyl sites for hydroxylation is 3. The summed E-state index contributed by atoms with van der Waals surface area (Å²) in [4.78, 5) is 30.0. The minimum atomic E-state index is -0.465. The Bertz CT molecular complexity index is 1390. The first-order valence-corrected chi connectivity index (χ1v) is 12.7. The maximum absolute atomic E-state index is 12.9. The largest absolute Gasteiger partial charge is 0.461 e. The number of fused-ring (bicyclic) bond motifs is 3. The van der Waals surface area contributed by atoms with Gasteiger partial charge in [0.1, 0.15) is 4.88 Å². The number of carbonyl (C=O) groups excluding carboxylic acids is 2. The van der Waals surface area contributed by atoms with E-state index in [4.69, 9.17) is 4.74 Å². The number of hydrogen-bond acceptors (Lipinski definition) is 8. The third-order valence-corrected chi connectivity index (χ3v) is 7.40. The van der Waals surface area contributed by atoms with Crippen LogP contribution in [-0.4, -0.2) is 43.3 Å². The molecule has 0 aliphatic heterocycles. The van der Waals surface area contributed by atoms with Gasteiger partial charge in [0.15, 0.2) is 15.9 Å². The predicted octanol–water partition coefficient (Wildman–Crippen LogP) is 5.20. The summed E-state index contributed by atoms with van der Waals surface area (Å²) in [5, 5.41) is 13.2. The number of carbonyl (C=O) groups is 2. The molecule has 0 bridgehead atoms. The fourth-order valence-corrected chi connectivity index (χ4v) is 5.30. The summed E-state index contributed by atoms with van der Waals surface area (Å²) in [5.74, 6) is -0.405. The molecule has 1 amide bonds. The minimum Gasteiger partial charge on any atom is -0.461 e. The van der Waals surface area contributed by atoms with Gasteiger partial charge in [-0.25, -0.2) is 9.78 Å². The van der Waals surface area contributed by atoms with Gasteiger partial charge < -0.3 is 10.1 Å². The lowest BCUT2D eigenvalue weighted by Gasteiger charge is -2.12. The fourth-order valence-electron chi connectivity index (χ4n) is 3.57. The zero-order chi connectivity index (χ0) is 24.6. The Morgan fingerprint density at radius 2 is 1.91 bits per heavy atom. The van der Waals surface area contributed by atoms with E-state index in [1.165, 1.54) is 11.8 Å². The van der Waals surface area contributed by atoms with Crippen molar-refractivity contribution in [1.29, 1.82) is 0 Å². The van der Waals surface area contributed by atoms with Crippen LogP contribution in [0, 0.1) is 26.7 Å². The van der Waals surface area contributed by atoms with E-state index in [0.717, 1.165) is 39.0 Å². The maximum Gasteiger partial charge on any atom is 0.350 e. The summed E-state index contributed by atoms with van der Waals surface area (Å²) in [6.45, 7) is 11.9. The van der Waals surface area contributed by atoms with Crippen LogP contribution in [0.2, 0.25) is 0 Å². The summed E-state index contributed by atoms with van der Waals surface area (Å²) in [6, 6.07) is 8.17. The topological polar surface area (TPSA) is 98.5 Å². The maximum atomic E-state index is 12.9. The highest BCUT2D eigenvalue weighted by Crippen LogP contribution is 2.30. The van der Waals surface area contributed by atoms with Crippen LogP contribution < -0.4 is 5.32 Å². The summed E-state index contributed by atoms with van der Waals surface area (Å²) >= 11 is 2.45. The zero-order valence-electron chi connectivity index (χ0n) is 20.0. The lowest BCUT2D eigenvalue weighted by Crippen LogP contribution is -2.22. The van der Waals surface area contributed by atoms with Gasteiger partial charge >= 0.3 is 5.97 Å². The van der Waals surface area contributed by atoms with E-state index < -0.39 is 11.2 Å². The molecular formula is C24H27N5O3S2. The van der Waals surface area contributed by atoms with Gasteiger partial charge in [-0.2, -0.15) is 0 Å².